The number of aromatic nitrogens is 2. The number of nitrogens with one attached hydrogen (secondary N) is 2. The standard InChI is InChI=1S/C18H17ClN4O/c19-16-4-1-2-5-17(16)22-18(24)20-12-10-14-6-8-15(9-7-14)23-13-3-11-21-23/h1-9,11,13H,10,12H2,(H2,20,22,24). The van der Waals surface area contributed by atoms with Crippen molar-refractivity contribution in [3.8, 4) is 5.69 Å². The summed E-state index contributed by atoms with van der Waals surface area (Å²) in [6.07, 6.45) is 4.39. The van der Waals surface area contributed by atoms with Crippen LogP contribution in [0, 0.1) is 0 Å². The smallest absolute Gasteiger partial charge is 0.319 e. The molecule has 1 aromatic heterocycles. The first kappa shape index (κ1) is 16.1. The number of hydrogen-bond donors (Lipinski definition) is 2. The number of urea groups is 1. The highest BCUT2D eigenvalue weighted by molar-refractivity contribution is 6.33. The molecule has 0 aliphatic rings. The van der Waals surface area contributed by atoms with Crippen molar-refractivity contribution in [2.75, 3.05) is 11.9 Å². The molecule has 2 N–H and O–H groups in total. The van der Waals surface area contributed by atoms with E-state index in [1.54, 1.807) is 23.0 Å². The van der Waals surface area contributed by atoms with Gasteiger partial charge in [0.15, 0.2) is 0 Å². The third-order valence-corrected chi connectivity index (χ3v) is 3.86. The lowest BCUT2D eigenvalue weighted by atomic mass is 10.1. The lowest BCUT2D eigenvalue weighted by molar-refractivity contribution is 0.252. The van der Waals surface area contributed by atoms with E-state index in [-0.39, 0.29) is 6.03 Å². The molecule has 0 atom stereocenters. The van der Waals surface area contributed by atoms with Crippen molar-refractivity contribution < 1.29 is 4.79 Å². The normalized spacial score (nSPS) is 10.4. The highest BCUT2D eigenvalue weighted by Crippen LogP contribution is 2.20. The van der Waals surface area contributed by atoms with Crippen LogP contribution in [0.3, 0.4) is 0 Å². The number of amides is 2. The topological polar surface area (TPSA) is 59.0 Å². The molecule has 0 aliphatic heterocycles. The van der Waals surface area contributed by atoms with Crippen LogP contribution in [0.4, 0.5) is 10.5 Å². The quantitative estimate of drug-likeness (QED) is 0.740. The average molecular weight is 341 g/mol. The predicted molar refractivity (Wildman–Crippen MR) is 95.7 cm³/mol. The first-order chi connectivity index (χ1) is 11.7. The summed E-state index contributed by atoms with van der Waals surface area (Å²) in [4.78, 5) is 11.9. The highest BCUT2D eigenvalue weighted by Gasteiger charge is 2.04. The summed E-state index contributed by atoms with van der Waals surface area (Å²) >= 11 is 6.01. The maximum absolute atomic E-state index is 11.9. The Bertz CT molecular complexity index is 800. The minimum Gasteiger partial charge on any atom is -0.338 e. The van der Waals surface area contributed by atoms with Gasteiger partial charge < -0.3 is 10.6 Å². The van der Waals surface area contributed by atoms with Crippen LogP contribution in [0.5, 0.6) is 0 Å². The fourth-order valence-electron chi connectivity index (χ4n) is 2.29. The Labute approximate surface area is 145 Å². The van der Waals surface area contributed by atoms with Gasteiger partial charge in [0.25, 0.3) is 0 Å². The number of anilines is 1. The molecule has 1 heterocycles. The number of carbonyl (C=O) groups is 1. The Morgan fingerprint density at radius 3 is 2.58 bits per heavy atom. The minimum absolute atomic E-state index is 0.267. The fourth-order valence-corrected chi connectivity index (χ4v) is 2.47. The largest absolute Gasteiger partial charge is 0.338 e. The van der Waals surface area contributed by atoms with Crippen LogP contribution in [0.15, 0.2) is 67.0 Å². The molecule has 2 aromatic carbocycles. The van der Waals surface area contributed by atoms with Crippen LogP contribution in [0.2, 0.25) is 5.02 Å². The second-order valence-electron chi connectivity index (χ2n) is 5.23. The van der Waals surface area contributed by atoms with E-state index in [1.165, 1.54) is 0 Å². The summed E-state index contributed by atoms with van der Waals surface area (Å²) in [6.45, 7) is 0.539. The Morgan fingerprint density at radius 1 is 1.08 bits per heavy atom. The molecule has 0 saturated carbocycles. The number of benzene rings is 2. The van der Waals surface area contributed by atoms with Crippen molar-refractivity contribution in [1.29, 1.82) is 0 Å². The monoisotopic (exact) mass is 340 g/mol. The number of para-hydroxylation sites is 1. The van der Waals surface area contributed by atoms with Crippen LogP contribution >= 0.6 is 11.6 Å². The molecule has 24 heavy (non-hydrogen) atoms. The highest BCUT2D eigenvalue weighted by atomic mass is 35.5. The van der Waals surface area contributed by atoms with Gasteiger partial charge in [0.1, 0.15) is 0 Å². The predicted octanol–water partition coefficient (Wildman–Crippen LogP) is 3.89. The number of carbonyl (C=O) groups excluding carboxylic acids is 1. The van der Waals surface area contributed by atoms with Crippen LogP contribution in [0.25, 0.3) is 5.69 Å². The van der Waals surface area contributed by atoms with Gasteiger partial charge in [0, 0.05) is 18.9 Å². The van der Waals surface area contributed by atoms with Gasteiger partial charge in [-0.25, -0.2) is 9.48 Å². The first-order valence-electron chi connectivity index (χ1n) is 7.61. The van der Waals surface area contributed by atoms with E-state index in [1.807, 2.05) is 48.7 Å². The Hall–Kier alpha value is -2.79. The molecular weight excluding hydrogens is 324 g/mol. The molecule has 0 saturated heterocycles. The van der Waals surface area contributed by atoms with Crippen molar-refractivity contribution in [3.05, 3.63) is 77.6 Å². The van der Waals surface area contributed by atoms with Crippen molar-refractivity contribution in [2.45, 2.75) is 6.42 Å². The summed E-state index contributed by atoms with van der Waals surface area (Å²) in [5.74, 6) is 0. The molecule has 0 fully saturated rings. The lowest BCUT2D eigenvalue weighted by Gasteiger charge is -2.09. The first-order valence-corrected chi connectivity index (χ1v) is 7.98. The number of halogens is 1. The molecule has 3 rings (SSSR count). The maximum atomic E-state index is 11.9. The zero-order valence-corrected chi connectivity index (χ0v) is 13.7. The van der Waals surface area contributed by atoms with E-state index >= 15 is 0 Å². The van der Waals surface area contributed by atoms with E-state index in [2.05, 4.69) is 15.7 Å². The van der Waals surface area contributed by atoms with Crippen LogP contribution in [0.1, 0.15) is 5.56 Å². The molecule has 0 bridgehead atoms. The van der Waals surface area contributed by atoms with Gasteiger partial charge in [-0.15, -0.1) is 0 Å². The van der Waals surface area contributed by atoms with E-state index in [0.717, 1.165) is 17.7 Å². The van der Waals surface area contributed by atoms with Gasteiger partial charge in [-0.2, -0.15) is 5.10 Å². The van der Waals surface area contributed by atoms with Crippen molar-refractivity contribution in [3.63, 3.8) is 0 Å². The minimum atomic E-state index is -0.267. The van der Waals surface area contributed by atoms with Gasteiger partial charge in [-0.3, -0.25) is 0 Å². The molecule has 0 spiro atoms. The van der Waals surface area contributed by atoms with Gasteiger partial charge in [0.05, 0.1) is 16.4 Å². The molecular formula is C18H17ClN4O. The summed E-state index contributed by atoms with van der Waals surface area (Å²) in [5, 5.41) is 10.3. The molecule has 3 aromatic rings. The van der Waals surface area contributed by atoms with E-state index < -0.39 is 0 Å². The SMILES string of the molecule is O=C(NCCc1ccc(-n2cccn2)cc1)Nc1ccccc1Cl. The Morgan fingerprint density at radius 2 is 1.88 bits per heavy atom. The summed E-state index contributed by atoms with van der Waals surface area (Å²) in [7, 11) is 0. The molecule has 5 nitrogen and oxygen atoms in total. The van der Waals surface area contributed by atoms with E-state index in [4.69, 9.17) is 11.6 Å². The number of nitrogens with zero attached hydrogens (tertiary/aromatic N) is 2. The zero-order valence-electron chi connectivity index (χ0n) is 12.9. The average Bonchev–Trinajstić information content (AvgIpc) is 3.12. The van der Waals surface area contributed by atoms with Crippen LogP contribution in [-0.2, 0) is 6.42 Å². The van der Waals surface area contributed by atoms with Gasteiger partial charge in [-0.05, 0) is 42.3 Å². The summed E-state index contributed by atoms with van der Waals surface area (Å²) in [6, 6.07) is 16.8. The fraction of sp³-hybridized carbons (Fsp3) is 0.111. The number of hydrogen-bond acceptors (Lipinski definition) is 2. The molecule has 2 amide bonds. The second-order valence-corrected chi connectivity index (χ2v) is 5.64. The lowest BCUT2D eigenvalue weighted by Crippen LogP contribution is -2.30. The van der Waals surface area contributed by atoms with Crippen molar-refractivity contribution in [2.24, 2.45) is 0 Å². The van der Waals surface area contributed by atoms with Crippen molar-refractivity contribution >= 4 is 23.3 Å². The van der Waals surface area contributed by atoms with Gasteiger partial charge >= 0.3 is 6.03 Å². The van der Waals surface area contributed by atoms with E-state index in [9.17, 15) is 4.79 Å². The summed E-state index contributed by atoms with van der Waals surface area (Å²) in [5.41, 5.74) is 2.75. The van der Waals surface area contributed by atoms with Crippen molar-refractivity contribution in [1.82, 2.24) is 15.1 Å². The Kier molecular flexibility index (Phi) is 5.13. The van der Waals surface area contributed by atoms with E-state index in [0.29, 0.717) is 17.3 Å². The Balaban J connectivity index is 1.48. The maximum Gasteiger partial charge on any atom is 0.319 e. The third-order valence-electron chi connectivity index (χ3n) is 3.53. The molecule has 0 unspecified atom stereocenters. The molecule has 122 valence electrons. The molecule has 0 radical (unpaired) electrons. The second kappa shape index (κ2) is 7.66. The molecule has 6 heteroatoms. The molecule has 0 aliphatic carbocycles. The third kappa shape index (κ3) is 4.14. The van der Waals surface area contributed by atoms with Crippen LogP contribution < -0.4 is 10.6 Å². The summed E-state index contributed by atoms with van der Waals surface area (Å²) < 4.78 is 1.80. The van der Waals surface area contributed by atoms with Gasteiger partial charge in [0.2, 0.25) is 0 Å². The van der Waals surface area contributed by atoms with Crippen LogP contribution in [-0.4, -0.2) is 22.4 Å². The number of rotatable bonds is 5. The zero-order chi connectivity index (χ0) is 16.8. The van der Waals surface area contributed by atoms with Gasteiger partial charge in [-0.1, -0.05) is 35.9 Å².